The number of hydrogen-bond acceptors (Lipinski definition) is 5. The number of thioether (sulfide) groups is 1. The first-order valence-electron chi connectivity index (χ1n) is 8.50. The van der Waals surface area contributed by atoms with E-state index in [0.29, 0.717) is 12.1 Å². The molecule has 0 bridgehead atoms. The molecule has 1 atom stereocenters. The molecule has 0 aliphatic carbocycles. The molecule has 0 aromatic heterocycles. The maximum atomic E-state index is 12.3. The van der Waals surface area contributed by atoms with Crippen LogP contribution in [0.25, 0.3) is 0 Å². The maximum Gasteiger partial charge on any atom is 0.251 e. The molecule has 2 aromatic rings. The zero-order valence-electron chi connectivity index (χ0n) is 15.3. The highest BCUT2D eigenvalue weighted by Crippen LogP contribution is 2.16. The summed E-state index contributed by atoms with van der Waals surface area (Å²) in [6.45, 7) is 2.52. The highest BCUT2D eigenvalue weighted by molar-refractivity contribution is 7.99. The zero-order chi connectivity index (χ0) is 19.7. The fourth-order valence-electron chi connectivity index (χ4n) is 2.35. The Bertz CT molecular complexity index is 825. The summed E-state index contributed by atoms with van der Waals surface area (Å²) in [6, 6.07) is 15.5. The fourth-order valence-corrected chi connectivity index (χ4v) is 4.37. The standard InChI is InChI=1S/C19H24N2O4S2/c1-15(14-25-2)21-27(23,24)18-10-8-16(9-11-18)19(22)20-12-13-26-17-6-4-3-5-7-17/h3-11,15,21H,12-14H2,1-2H3,(H,20,22)/t15-/m1/s1. The minimum Gasteiger partial charge on any atom is -0.383 e. The SMILES string of the molecule is COC[C@@H](C)NS(=O)(=O)c1ccc(C(=O)NCCSc2ccccc2)cc1. The van der Waals surface area contributed by atoms with Gasteiger partial charge in [0, 0.05) is 35.9 Å². The number of carbonyl (C=O) groups is 1. The van der Waals surface area contributed by atoms with Crippen LogP contribution in [0.1, 0.15) is 17.3 Å². The van der Waals surface area contributed by atoms with Crippen molar-refractivity contribution in [2.45, 2.75) is 22.8 Å². The number of carbonyl (C=O) groups excluding carboxylic acids is 1. The first kappa shape index (κ1) is 21.4. The Labute approximate surface area is 164 Å². The van der Waals surface area contributed by atoms with Gasteiger partial charge < -0.3 is 10.1 Å². The molecule has 0 radical (unpaired) electrons. The van der Waals surface area contributed by atoms with Crippen LogP contribution in [-0.2, 0) is 14.8 Å². The van der Waals surface area contributed by atoms with Crippen molar-refractivity contribution in [1.82, 2.24) is 10.0 Å². The molecule has 1 amide bonds. The van der Waals surface area contributed by atoms with E-state index in [-0.39, 0.29) is 23.5 Å². The second kappa shape index (κ2) is 10.5. The Morgan fingerprint density at radius 2 is 1.78 bits per heavy atom. The van der Waals surface area contributed by atoms with Crippen LogP contribution in [0, 0.1) is 0 Å². The highest BCUT2D eigenvalue weighted by Gasteiger charge is 2.17. The normalized spacial score (nSPS) is 12.5. The lowest BCUT2D eigenvalue weighted by molar-refractivity contribution is 0.0956. The first-order chi connectivity index (χ1) is 12.9. The second-order valence-corrected chi connectivity index (χ2v) is 8.80. The Morgan fingerprint density at radius 1 is 1.11 bits per heavy atom. The van der Waals surface area contributed by atoms with Gasteiger partial charge in [0.15, 0.2) is 0 Å². The van der Waals surface area contributed by atoms with Gasteiger partial charge in [-0.25, -0.2) is 13.1 Å². The number of benzene rings is 2. The topological polar surface area (TPSA) is 84.5 Å². The van der Waals surface area contributed by atoms with Crippen LogP contribution in [0.5, 0.6) is 0 Å². The van der Waals surface area contributed by atoms with Gasteiger partial charge in [-0.15, -0.1) is 11.8 Å². The number of rotatable bonds is 10. The minimum atomic E-state index is -3.64. The third kappa shape index (κ3) is 6.99. The van der Waals surface area contributed by atoms with E-state index in [2.05, 4.69) is 10.0 Å². The van der Waals surface area contributed by atoms with Crippen molar-refractivity contribution in [1.29, 1.82) is 0 Å². The van der Waals surface area contributed by atoms with Crippen molar-refractivity contribution in [3.05, 3.63) is 60.2 Å². The van der Waals surface area contributed by atoms with E-state index < -0.39 is 10.0 Å². The van der Waals surface area contributed by atoms with Gasteiger partial charge in [-0.3, -0.25) is 4.79 Å². The van der Waals surface area contributed by atoms with E-state index in [4.69, 9.17) is 4.74 Å². The maximum absolute atomic E-state index is 12.3. The number of nitrogens with one attached hydrogen (secondary N) is 2. The van der Waals surface area contributed by atoms with Gasteiger partial charge in [0.25, 0.3) is 5.91 Å². The van der Waals surface area contributed by atoms with Gasteiger partial charge >= 0.3 is 0 Å². The molecule has 0 aliphatic rings. The Hall–Kier alpha value is -1.87. The molecule has 0 heterocycles. The number of sulfonamides is 1. The molecule has 27 heavy (non-hydrogen) atoms. The van der Waals surface area contributed by atoms with Crippen LogP contribution in [-0.4, -0.2) is 46.4 Å². The van der Waals surface area contributed by atoms with E-state index in [1.54, 1.807) is 18.7 Å². The summed E-state index contributed by atoms with van der Waals surface area (Å²) in [6.07, 6.45) is 0. The number of methoxy groups -OCH3 is 1. The Kier molecular flexibility index (Phi) is 8.30. The van der Waals surface area contributed by atoms with Crippen molar-refractivity contribution in [2.24, 2.45) is 0 Å². The second-order valence-electron chi connectivity index (χ2n) is 5.92. The monoisotopic (exact) mass is 408 g/mol. The fraction of sp³-hybridized carbons (Fsp3) is 0.316. The van der Waals surface area contributed by atoms with Gasteiger partial charge in [-0.1, -0.05) is 18.2 Å². The van der Waals surface area contributed by atoms with Crippen molar-refractivity contribution in [3.8, 4) is 0 Å². The van der Waals surface area contributed by atoms with Crippen molar-refractivity contribution in [2.75, 3.05) is 26.0 Å². The molecule has 2 aromatic carbocycles. The van der Waals surface area contributed by atoms with Crippen LogP contribution in [0.3, 0.4) is 0 Å². The molecule has 0 aliphatic heterocycles. The zero-order valence-corrected chi connectivity index (χ0v) is 17.0. The predicted molar refractivity (Wildman–Crippen MR) is 108 cm³/mol. The van der Waals surface area contributed by atoms with E-state index in [9.17, 15) is 13.2 Å². The summed E-state index contributed by atoms with van der Waals surface area (Å²) in [7, 11) is -2.13. The lowest BCUT2D eigenvalue weighted by Crippen LogP contribution is -2.35. The minimum absolute atomic E-state index is 0.113. The van der Waals surface area contributed by atoms with Crippen LogP contribution < -0.4 is 10.0 Å². The van der Waals surface area contributed by atoms with Crippen LogP contribution in [0.15, 0.2) is 64.4 Å². The van der Waals surface area contributed by atoms with Crippen molar-refractivity contribution in [3.63, 3.8) is 0 Å². The van der Waals surface area contributed by atoms with Crippen LogP contribution in [0.2, 0.25) is 0 Å². The molecule has 0 unspecified atom stereocenters. The first-order valence-corrected chi connectivity index (χ1v) is 11.0. The van der Waals surface area contributed by atoms with Crippen LogP contribution >= 0.6 is 11.8 Å². The molecule has 0 spiro atoms. The van der Waals surface area contributed by atoms with Gasteiger partial charge in [-0.2, -0.15) is 0 Å². The van der Waals surface area contributed by atoms with Crippen LogP contribution in [0.4, 0.5) is 0 Å². The van der Waals surface area contributed by atoms with E-state index in [0.717, 1.165) is 10.6 Å². The highest BCUT2D eigenvalue weighted by atomic mass is 32.2. The van der Waals surface area contributed by atoms with Crippen molar-refractivity contribution >= 4 is 27.7 Å². The molecule has 0 saturated carbocycles. The third-order valence-corrected chi connectivity index (χ3v) is 6.22. The third-order valence-electron chi connectivity index (χ3n) is 3.60. The largest absolute Gasteiger partial charge is 0.383 e. The predicted octanol–water partition coefficient (Wildman–Crippen LogP) is 2.52. The molecule has 0 saturated heterocycles. The van der Waals surface area contributed by atoms with Gasteiger partial charge in [-0.05, 0) is 43.3 Å². The molecular formula is C19H24N2O4S2. The average molecular weight is 409 g/mol. The molecule has 8 heteroatoms. The van der Waals surface area contributed by atoms with E-state index in [1.807, 2.05) is 30.3 Å². The summed E-state index contributed by atoms with van der Waals surface area (Å²) >= 11 is 1.66. The summed E-state index contributed by atoms with van der Waals surface area (Å²) in [5, 5.41) is 2.83. The molecule has 2 N–H and O–H groups in total. The Morgan fingerprint density at radius 3 is 2.41 bits per heavy atom. The van der Waals surface area contributed by atoms with E-state index in [1.165, 1.54) is 31.4 Å². The smallest absolute Gasteiger partial charge is 0.251 e. The van der Waals surface area contributed by atoms with E-state index >= 15 is 0 Å². The average Bonchev–Trinajstić information content (AvgIpc) is 2.66. The summed E-state index contributed by atoms with van der Waals surface area (Å²) in [5.74, 6) is 0.525. The lowest BCUT2D eigenvalue weighted by atomic mass is 10.2. The summed E-state index contributed by atoms with van der Waals surface area (Å²) in [4.78, 5) is 13.4. The molecular weight excluding hydrogens is 384 g/mol. The van der Waals surface area contributed by atoms with Gasteiger partial charge in [0.1, 0.15) is 0 Å². The van der Waals surface area contributed by atoms with Gasteiger partial charge in [0.05, 0.1) is 11.5 Å². The number of ether oxygens (including phenoxy) is 1. The lowest BCUT2D eigenvalue weighted by Gasteiger charge is -2.13. The molecule has 0 fully saturated rings. The molecule has 146 valence electrons. The number of amides is 1. The molecule has 2 rings (SSSR count). The Balaban J connectivity index is 1.85. The van der Waals surface area contributed by atoms with Crippen molar-refractivity contribution < 1.29 is 17.9 Å². The molecule has 6 nitrogen and oxygen atoms in total. The van der Waals surface area contributed by atoms with Gasteiger partial charge in [0.2, 0.25) is 10.0 Å². The number of hydrogen-bond donors (Lipinski definition) is 2. The summed E-state index contributed by atoms with van der Waals surface area (Å²) in [5.41, 5.74) is 0.420. The quantitative estimate of drug-likeness (QED) is 0.466. The summed E-state index contributed by atoms with van der Waals surface area (Å²) < 4.78 is 32.0.